The first-order chi connectivity index (χ1) is 9.29. The first kappa shape index (κ1) is 16.5. The molecule has 0 fully saturated rings. The molecule has 0 bridgehead atoms. The average Bonchev–Trinajstić information content (AvgIpc) is 2.37. The Morgan fingerprint density at radius 3 is 2.60 bits per heavy atom. The minimum absolute atomic E-state index is 0.0862. The van der Waals surface area contributed by atoms with Crippen molar-refractivity contribution in [3.8, 4) is 0 Å². The molecule has 1 N–H and O–H groups in total. The summed E-state index contributed by atoms with van der Waals surface area (Å²) in [6, 6.07) is 3.41. The van der Waals surface area contributed by atoms with Crippen LogP contribution in [0, 0.1) is 0 Å². The van der Waals surface area contributed by atoms with Gasteiger partial charge in [0.1, 0.15) is 0 Å². The second-order valence-electron chi connectivity index (χ2n) is 4.38. The number of benzene rings is 1. The first-order valence-corrected chi connectivity index (χ1v) is 5.84. The highest BCUT2D eigenvalue weighted by Gasteiger charge is 2.33. The monoisotopic (exact) mass is 291 g/mol. The van der Waals surface area contributed by atoms with Crippen LogP contribution in [-0.4, -0.2) is 44.8 Å². The highest BCUT2D eigenvalue weighted by atomic mass is 19.4. The van der Waals surface area contributed by atoms with Crippen LogP contribution < -0.4 is 4.90 Å². The van der Waals surface area contributed by atoms with Gasteiger partial charge in [0.2, 0.25) is 0 Å². The number of halogens is 3. The van der Waals surface area contributed by atoms with Crippen LogP contribution in [0.4, 0.5) is 18.9 Å². The number of anilines is 1. The number of alkyl halides is 3. The maximum absolute atomic E-state index is 12.8. The van der Waals surface area contributed by atoms with Gasteiger partial charge in [0.05, 0.1) is 18.3 Å². The summed E-state index contributed by atoms with van der Waals surface area (Å²) in [4.78, 5) is 12.1. The van der Waals surface area contributed by atoms with Crippen LogP contribution in [0.5, 0.6) is 0 Å². The molecule has 1 unspecified atom stereocenters. The van der Waals surface area contributed by atoms with Gasteiger partial charge in [-0.3, -0.25) is 4.79 Å². The van der Waals surface area contributed by atoms with Gasteiger partial charge >= 0.3 is 6.18 Å². The van der Waals surface area contributed by atoms with Crippen molar-refractivity contribution in [2.45, 2.75) is 12.3 Å². The maximum atomic E-state index is 12.8. The largest absolute Gasteiger partial charge is 0.417 e. The summed E-state index contributed by atoms with van der Waals surface area (Å²) in [6.07, 6.45) is -5.24. The van der Waals surface area contributed by atoms with Crippen LogP contribution in [0.1, 0.15) is 15.9 Å². The quantitative estimate of drug-likeness (QED) is 0.814. The molecule has 4 nitrogen and oxygen atoms in total. The van der Waals surface area contributed by atoms with Crippen LogP contribution in [0.2, 0.25) is 0 Å². The smallest absolute Gasteiger partial charge is 0.389 e. The molecule has 0 amide bonds. The van der Waals surface area contributed by atoms with Gasteiger partial charge in [0, 0.05) is 32.0 Å². The third-order valence-corrected chi connectivity index (χ3v) is 2.75. The topological polar surface area (TPSA) is 49.8 Å². The number of aliphatic hydroxyl groups is 1. The van der Waals surface area contributed by atoms with E-state index in [1.54, 1.807) is 7.05 Å². The van der Waals surface area contributed by atoms with Gasteiger partial charge in [-0.25, -0.2) is 0 Å². The molecule has 0 heterocycles. The van der Waals surface area contributed by atoms with Crippen molar-refractivity contribution >= 4 is 12.0 Å². The summed E-state index contributed by atoms with van der Waals surface area (Å²) < 4.78 is 43.2. The zero-order chi connectivity index (χ0) is 15.3. The van der Waals surface area contributed by atoms with Crippen LogP contribution in [0.3, 0.4) is 0 Å². The van der Waals surface area contributed by atoms with Gasteiger partial charge in [0.15, 0.2) is 6.29 Å². The molecule has 112 valence electrons. The van der Waals surface area contributed by atoms with Gasteiger partial charge < -0.3 is 14.7 Å². The fraction of sp³-hybridized carbons (Fsp3) is 0.462. The van der Waals surface area contributed by atoms with Gasteiger partial charge in [-0.15, -0.1) is 0 Å². The van der Waals surface area contributed by atoms with E-state index in [9.17, 15) is 23.1 Å². The van der Waals surface area contributed by atoms with E-state index in [4.69, 9.17) is 4.74 Å². The highest BCUT2D eigenvalue weighted by Crippen LogP contribution is 2.33. The first-order valence-electron chi connectivity index (χ1n) is 5.84. The Morgan fingerprint density at radius 1 is 1.45 bits per heavy atom. The minimum Gasteiger partial charge on any atom is -0.389 e. The van der Waals surface area contributed by atoms with Crippen molar-refractivity contribution in [1.29, 1.82) is 0 Å². The lowest BCUT2D eigenvalue weighted by atomic mass is 10.1. The number of hydrogen-bond acceptors (Lipinski definition) is 4. The molecule has 0 aliphatic rings. The van der Waals surface area contributed by atoms with Crippen molar-refractivity contribution in [3.05, 3.63) is 29.3 Å². The molecule has 0 aliphatic carbocycles. The van der Waals surface area contributed by atoms with E-state index in [2.05, 4.69) is 0 Å². The Balaban J connectivity index is 2.99. The standard InChI is InChI=1S/C13H16F3NO3/c1-17(6-11(19)8-20-2)10-4-3-9(7-18)12(5-10)13(14,15)16/h3-5,7,11,19H,6,8H2,1-2H3. The molecule has 0 radical (unpaired) electrons. The zero-order valence-corrected chi connectivity index (χ0v) is 11.1. The lowest BCUT2D eigenvalue weighted by Crippen LogP contribution is -2.32. The average molecular weight is 291 g/mol. The Bertz CT molecular complexity index is 463. The number of aliphatic hydroxyl groups excluding tert-OH is 1. The van der Waals surface area contributed by atoms with Gasteiger partial charge in [-0.2, -0.15) is 13.2 Å². The van der Waals surface area contributed by atoms with Gasteiger partial charge in [-0.1, -0.05) is 0 Å². The number of rotatable bonds is 6. The Hall–Kier alpha value is -1.60. The van der Waals surface area contributed by atoms with Crippen molar-refractivity contribution in [1.82, 2.24) is 0 Å². The molecule has 0 saturated carbocycles. The second-order valence-corrected chi connectivity index (χ2v) is 4.38. The van der Waals surface area contributed by atoms with Crippen molar-refractivity contribution in [3.63, 3.8) is 0 Å². The molecular weight excluding hydrogens is 275 g/mol. The number of hydrogen-bond donors (Lipinski definition) is 1. The molecule has 1 atom stereocenters. The van der Waals surface area contributed by atoms with E-state index in [1.807, 2.05) is 0 Å². The number of nitrogens with zero attached hydrogens (tertiary/aromatic N) is 1. The predicted octanol–water partition coefficient (Wildman–Crippen LogP) is 1.96. The summed E-state index contributed by atoms with van der Waals surface area (Å²) in [5.74, 6) is 0. The lowest BCUT2D eigenvalue weighted by Gasteiger charge is -2.23. The number of ether oxygens (including phenoxy) is 1. The molecule has 1 rings (SSSR count). The van der Waals surface area contributed by atoms with E-state index < -0.39 is 23.4 Å². The summed E-state index contributed by atoms with van der Waals surface area (Å²) in [5, 5.41) is 9.57. The van der Waals surface area contributed by atoms with Gasteiger partial charge in [-0.05, 0) is 18.2 Å². The molecule has 20 heavy (non-hydrogen) atoms. The number of likely N-dealkylation sites (N-methyl/N-ethyl adjacent to an activating group) is 1. The van der Waals surface area contributed by atoms with Crippen LogP contribution >= 0.6 is 0 Å². The molecule has 1 aromatic rings. The highest BCUT2D eigenvalue weighted by molar-refractivity contribution is 5.79. The molecule has 0 saturated heterocycles. The second kappa shape index (κ2) is 6.71. The van der Waals surface area contributed by atoms with Crippen LogP contribution in [-0.2, 0) is 10.9 Å². The predicted molar refractivity (Wildman–Crippen MR) is 68.0 cm³/mol. The summed E-state index contributed by atoms with van der Waals surface area (Å²) in [5.41, 5.74) is -1.14. The fourth-order valence-corrected chi connectivity index (χ4v) is 1.80. The Labute approximate surface area is 114 Å². The van der Waals surface area contributed by atoms with E-state index in [0.29, 0.717) is 0 Å². The van der Waals surface area contributed by atoms with Crippen molar-refractivity contribution in [2.24, 2.45) is 0 Å². The molecule has 0 aromatic heterocycles. The van der Waals surface area contributed by atoms with Crippen molar-refractivity contribution in [2.75, 3.05) is 32.2 Å². The van der Waals surface area contributed by atoms with Crippen molar-refractivity contribution < 1.29 is 27.8 Å². The van der Waals surface area contributed by atoms with Crippen LogP contribution in [0.15, 0.2) is 18.2 Å². The summed E-state index contributed by atoms with van der Waals surface area (Å²) >= 11 is 0. The molecule has 0 aliphatic heterocycles. The van der Waals surface area contributed by atoms with E-state index in [1.165, 1.54) is 18.1 Å². The summed E-state index contributed by atoms with van der Waals surface area (Å²) in [7, 11) is 2.97. The van der Waals surface area contributed by atoms with E-state index in [-0.39, 0.29) is 25.1 Å². The van der Waals surface area contributed by atoms with Crippen LogP contribution in [0.25, 0.3) is 0 Å². The van der Waals surface area contributed by atoms with E-state index >= 15 is 0 Å². The SMILES string of the molecule is COCC(O)CN(C)c1ccc(C=O)c(C(F)(F)F)c1. The third kappa shape index (κ3) is 4.21. The molecular formula is C13H16F3NO3. The number of methoxy groups -OCH3 is 1. The molecule has 7 heteroatoms. The fourth-order valence-electron chi connectivity index (χ4n) is 1.80. The minimum atomic E-state index is -4.60. The number of carbonyl (C=O) groups excluding carboxylic acids is 1. The number of aldehydes is 1. The molecule has 0 spiro atoms. The normalized spacial score (nSPS) is 13.1. The molecule has 1 aromatic carbocycles. The lowest BCUT2D eigenvalue weighted by molar-refractivity contribution is -0.137. The van der Waals surface area contributed by atoms with E-state index in [0.717, 1.165) is 12.1 Å². The third-order valence-electron chi connectivity index (χ3n) is 2.75. The summed E-state index contributed by atoms with van der Waals surface area (Å²) in [6.45, 7) is 0.203. The maximum Gasteiger partial charge on any atom is 0.417 e. The van der Waals surface area contributed by atoms with Gasteiger partial charge in [0.25, 0.3) is 0 Å². The number of carbonyl (C=O) groups is 1. The Kier molecular flexibility index (Phi) is 5.52. The zero-order valence-electron chi connectivity index (χ0n) is 11.1. The Morgan fingerprint density at radius 2 is 2.10 bits per heavy atom.